The number of aryl methyl sites for hydroxylation is 2. The quantitative estimate of drug-likeness (QED) is 0.876. The van der Waals surface area contributed by atoms with E-state index in [9.17, 15) is 4.79 Å². The van der Waals surface area contributed by atoms with E-state index in [-0.39, 0.29) is 5.56 Å². The fourth-order valence-corrected chi connectivity index (χ4v) is 5.69. The van der Waals surface area contributed by atoms with E-state index in [0.717, 1.165) is 48.9 Å². The van der Waals surface area contributed by atoms with Crippen molar-refractivity contribution >= 4 is 21.6 Å². The first kappa shape index (κ1) is 17.2. The van der Waals surface area contributed by atoms with Crippen molar-refractivity contribution in [2.24, 2.45) is 0 Å². The second kappa shape index (κ2) is 7.58. The zero-order valence-electron chi connectivity index (χ0n) is 15.2. The van der Waals surface area contributed by atoms with Gasteiger partial charge in [-0.25, -0.2) is 4.98 Å². The third kappa shape index (κ3) is 3.54. The van der Waals surface area contributed by atoms with Gasteiger partial charge in [0, 0.05) is 23.5 Å². The molecule has 1 atom stereocenters. The Kier molecular flexibility index (Phi) is 5.23. The fourth-order valence-electron chi connectivity index (χ4n) is 4.43. The summed E-state index contributed by atoms with van der Waals surface area (Å²) in [6, 6.07) is 1.28. The second-order valence-corrected chi connectivity index (χ2v) is 8.81. The van der Waals surface area contributed by atoms with Crippen molar-refractivity contribution in [2.75, 3.05) is 0 Å². The normalized spacial score (nSPS) is 21.6. The van der Waals surface area contributed by atoms with Gasteiger partial charge in [0.15, 0.2) is 0 Å². The number of nitrogens with one attached hydrogen (secondary N) is 1. The molecule has 25 heavy (non-hydrogen) atoms. The molecule has 5 heteroatoms. The highest BCUT2D eigenvalue weighted by molar-refractivity contribution is 7.18. The standard InChI is InChI=1S/C20H29N3OS/c1-2-3-11-23-13-21-19-18(20(23)24)16-10-9-15(12-17(16)25-19)22-14-7-5-4-6-8-14/h13-15,22H,2-12H2,1H3. The molecule has 1 unspecified atom stereocenters. The average molecular weight is 360 g/mol. The molecule has 2 aliphatic rings. The van der Waals surface area contributed by atoms with Crippen LogP contribution in [0.5, 0.6) is 0 Å². The summed E-state index contributed by atoms with van der Waals surface area (Å²) in [5.74, 6) is 0. The van der Waals surface area contributed by atoms with Crippen LogP contribution in [0, 0.1) is 0 Å². The van der Waals surface area contributed by atoms with E-state index in [0.29, 0.717) is 12.1 Å². The van der Waals surface area contributed by atoms with Crippen molar-refractivity contribution in [1.82, 2.24) is 14.9 Å². The van der Waals surface area contributed by atoms with Crippen molar-refractivity contribution in [1.29, 1.82) is 0 Å². The summed E-state index contributed by atoms with van der Waals surface area (Å²) in [7, 11) is 0. The smallest absolute Gasteiger partial charge is 0.262 e. The Labute approximate surface area is 153 Å². The van der Waals surface area contributed by atoms with E-state index >= 15 is 0 Å². The Hall–Kier alpha value is -1.20. The van der Waals surface area contributed by atoms with E-state index in [1.807, 2.05) is 4.57 Å². The van der Waals surface area contributed by atoms with Crippen LogP contribution in [0.4, 0.5) is 0 Å². The molecule has 2 aromatic rings. The summed E-state index contributed by atoms with van der Waals surface area (Å²) in [5, 5.41) is 4.81. The summed E-state index contributed by atoms with van der Waals surface area (Å²) < 4.78 is 1.81. The number of thiophene rings is 1. The lowest BCUT2D eigenvalue weighted by atomic mass is 9.90. The van der Waals surface area contributed by atoms with Gasteiger partial charge in [-0.05, 0) is 44.1 Å². The average Bonchev–Trinajstić information content (AvgIpc) is 3.00. The largest absolute Gasteiger partial charge is 0.311 e. The maximum atomic E-state index is 12.9. The minimum atomic E-state index is 0.176. The highest BCUT2D eigenvalue weighted by atomic mass is 32.1. The first-order chi connectivity index (χ1) is 12.3. The highest BCUT2D eigenvalue weighted by Crippen LogP contribution is 2.34. The molecule has 0 saturated heterocycles. The highest BCUT2D eigenvalue weighted by Gasteiger charge is 2.27. The Morgan fingerprint density at radius 3 is 2.88 bits per heavy atom. The molecule has 1 saturated carbocycles. The molecule has 0 bridgehead atoms. The maximum absolute atomic E-state index is 12.9. The van der Waals surface area contributed by atoms with Gasteiger partial charge in [0.05, 0.1) is 11.7 Å². The molecule has 2 heterocycles. The Balaban J connectivity index is 1.55. The molecular weight excluding hydrogens is 330 g/mol. The van der Waals surface area contributed by atoms with E-state index in [1.54, 1.807) is 17.7 Å². The van der Waals surface area contributed by atoms with Gasteiger partial charge >= 0.3 is 0 Å². The predicted octanol–water partition coefficient (Wildman–Crippen LogP) is 4.04. The summed E-state index contributed by atoms with van der Waals surface area (Å²) in [5.41, 5.74) is 1.47. The third-order valence-electron chi connectivity index (χ3n) is 5.86. The van der Waals surface area contributed by atoms with Crippen molar-refractivity contribution in [3.8, 4) is 0 Å². The van der Waals surface area contributed by atoms with Crippen LogP contribution in [0.15, 0.2) is 11.1 Å². The number of hydrogen-bond donors (Lipinski definition) is 1. The number of hydrogen-bond acceptors (Lipinski definition) is 4. The Bertz CT molecular complexity index is 788. The van der Waals surface area contributed by atoms with E-state index in [2.05, 4.69) is 17.2 Å². The zero-order chi connectivity index (χ0) is 17.2. The topological polar surface area (TPSA) is 46.9 Å². The lowest BCUT2D eigenvalue weighted by Crippen LogP contribution is -2.42. The van der Waals surface area contributed by atoms with Crippen LogP contribution in [0.2, 0.25) is 0 Å². The van der Waals surface area contributed by atoms with Crippen LogP contribution in [-0.2, 0) is 19.4 Å². The van der Waals surface area contributed by atoms with Crippen molar-refractivity contribution in [3.63, 3.8) is 0 Å². The van der Waals surface area contributed by atoms with Gasteiger partial charge in [-0.3, -0.25) is 9.36 Å². The van der Waals surface area contributed by atoms with Gasteiger partial charge in [-0.1, -0.05) is 32.6 Å². The first-order valence-corrected chi connectivity index (χ1v) is 10.8. The molecule has 1 fully saturated rings. The molecule has 0 spiro atoms. The first-order valence-electron chi connectivity index (χ1n) is 10.0. The molecule has 0 amide bonds. The third-order valence-corrected chi connectivity index (χ3v) is 7.03. The maximum Gasteiger partial charge on any atom is 0.262 e. The number of nitrogens with zero attached hydrogens (tertiary/aromatic N) is 2. The molecule has 136 valence electrons. The van der Waals surface area contributed by atoms with Gasteiger partial charge < -0.3 is 5.32 Å². The van der Waals surface area contributed by atoms with Crippen LogP contribution in [0.1, 0.15) is 68.7 Å². The Morgan fingerprint density at radius 2 is 2.08 bits per heavy atom. The van der Waals surface area contributed by atoms with Crippen LogP contribution in [0.3, 0.4) is 0 Å². The van der Waals surface area contributed by atoms with Crippen LogP contribution >= 0.6 is 11.3 Å². The van der Waals surface area contributed by atoms with Crippen molar-refractivity contribution in [2.45, 2.75) is 89.8 Å². The lowest BCUT2D eigenvalue weighted by molar-refractivity contribution is 0.322. The van der Waals surface area contributed by atoms with Gasteiger partial charge in [-0.15, -0.1) is 11.3 Å². The molecule has 4 rings (SSSR count). The predicted molar refractivity (Wildman–Crippen MR) is 105 cm³/mol. The number of aromatic nitrogens is 2. The molecule has 1 N–H and O–H groups in total. The molecule has 2 aliphatic carbocycles. The van der Waals surface area contributed by atoms with Crippen LogP contribution in [0.25, 0.3) is 10.2 Å². The van der Waals surface area contributed by atoms with Gasteiger partial charge in [0.25, 0.3) is 5.56 Å². The van der Waals surface area contributed by atoms with Gasteiger partial charge in [0.1, 0.15) is 4.83 Å². The van der Waals surface area contributed by atoms with Gasteiger partial charge in [-0.2, -0.15) is 0 Å². The SMILES string of the molecule is CCCCn1cnc2sc3c(c2c1=O)CCC(NC1CCCCC1)C3. The second-order valence-electron chi connectivity index (χ2n) is 7.72. The number of fused-ring (bicyclic) bond motifs is 3. The molecule has 0 aliphatic heterocycles. The minimum absolute atomic E-state index is 0.176. The van der Waals surface area contributed by atoms with Crippen molar-refractivity contribution in [3.05, 3.63) is 27.1 Å². The van der Waals surface area contributed by atoms with E-state index in [4.69, 9.17) is 0 Å². The fraction of sp³-hybridized carbons (Fsp3) is 0.700. The summed E-state index contributed by atoms with van der Waals surface area (Å²) in [6.45, 7) is 2.94. The monoisotopic (exact) mass is 359 g/mol. The number of rotatable bonds is 5. The van der Waals surface area contributed by atoms with E-state index in [1.165, 1.54) is 42.5 Å². The molecule has 0 radical (unpaired) electrons. The van der Waals surface area contributed by atoms with Crippen LogP contribution in [-0.4, -0.2) is 21.6 Å². The zero-order valence-corrected chi connectivity index (χ0v) is 16.0. The summed E-state index contributed by atoms with van der Waals surface area (Å²) in [4.78, 5) is 19.8. The molecule has 2 aromatic heterocycles. The summed E-state index contributed by atoms with van der Waals surface area (Å²) >= 11 is 1.75. The van der Waals surface area contributed by atoms with Crippen molar-refractivity contribution < 1.29 is 0 Å². The minimum Gasteiger partial charge on any atom is -0.311 e. The van der Waals surface area contributed by atoms with Gasteiger partial charge in [0.2, 0.25) is 0 Å². The Morgan fingerprint density at radius 1 is 1.24 bits per heavy atom. The molecular formula is C20H29N3OS. The van der Waals surface area contributed by atoms with Crippen LogP contribution < -0.4 is 10.9 Å². The summed E-state index contributed by atoms with van der Waals surface area (Å²) in [6.07, 6.45) is 13.9. The lowest BCUT2D eigenvalue weighted by Gasteiger charge is -2.30. The van der Waals surface area contributed by atoms with E-state index < -0.39 is 0 Å². The molecule has 4 nitrogen and oxygen atoms in total. The molecule has 0 aromatic carbocycles. The number of unbranched alkanes of at least 4 members (excludes halogenated alkanes) is 1.